The lowest BCUT2D eigenvalue weighted by Gasteiger charge is -2.19. The lowest BCUT2D eigenvalue weighted by molar-refractivity contribution is -0.305. The monoisotopic (exact) mass is 291 g/mol. The van der Waals surface area contributed by atoms with Gasteiger partial charge in [0.05, 0.1) is 36.0 Å². The fourth-order valence-corrected chi connectivity index (χ4v) is 2.28. The van der Waals surface area contributed by atoms with Gasteiger partial charge in [0.25, 0.3) is 10.0 Å². The summed E-state index contributed by atoms with van der Waals surface area (Å²) in [6, 6.07) is 6.12. The number of aliphatic hydroxyl groups is 2. The summed E-state index contributed by atoms with van der Waals surface area (Å²) in [4.78, 5) is 9.60. The van der Waals surface area contributed by atoms with Crippen molar-refractivity contribution in [1.29, 1.82) is 0 Å². The highest BCUT2D eigenvalue weighted by molar-refractivity contribution is 7.88. The molecule has 0 bridgehead atoms. The van der Waals surface area contributed by atoms with Crippen molar-refractivity contribution in [2.75, 3.05) is 26.4 Å². The fourth-order valence-electron chi connectivity index (χ4n) is 1.20. The summed E-state index contributed by atoms with van der Waals surface area (Å²) in [6.45, 7) is 0.635. The van der Waals surface area contributed by atoms with Gasteiger partial charge in [0, 0.05) is 0 Å². The SMILES string of the molecule is Cc1ccc(S(=O)(=O)N(OCCO)OCCO)cc1. The number of hydrogen-bond acceptors (Lipinski definition) is 6. The minimum absolute atomic E-state index is 0.00557. The van der Waals surface area contributed by atoms with Crippen molar-refractivity contribution in [3.8, 4) is 0 Å². The number of hydrogen-bond donors (Lipinski definition) is 2. The van der Waals surface area contributed by atoms with Crippen molar-refractivity contribution in [3.63, 3.8) is 0 Å². The number of nitrogens with zero attached hydrogens (tertiary/aromatic N) is 1. The largest absolute Gasteiger partial charge is 0.394 e. The molecule has 0 aromatic heterocycles. The minimum atomic E-state index is -4.00. The zero-order valence-electron chi connectivity index (χ0n) is 10.5. The summed E-state index contributed by atoms with van der Waals surface area (Å²) in [5, 5.41) is 17.3. The Morgan fingerprint density at radius 3 is 1.95 bits per heavy atom. The van der Waals surface area contributed by atoms with Crippen LogP contribution in [0.15, 0.2) is 29.2 Å². The van der Waals surface area contributed by atoms with Crippen molar-refractivity contribution < 1.29 is 28.3 Å². The van der Waals surface area contributed by atoms with Gasteiger partial charge in [0.2, 0.25) is 0 Å². The highest BCUT2D eigenvalue weighted by atomic mass is 32.2. The van der Waals surface area contributed by atoms with Crippen LogP contribution in [-0.2, 0) is 19.7 Å². The van der Waals surface area contributed by atoms with Gasteiger partial charge in [-0.25, -0.2) is 8.42 Å². The second-order valence-electron chi connectivity index (χ2n) is 3.63. The van der Waals surface area contributed by atoms with Crippen molar-refractivity contribution in [2.45, 2.75) is 11.8 Å². The van der Waals surface area contributed by atoms with Crippen LogP contribution in [0.3, 0.4) is 0 Å². The Hall–Kier alpha value is -1.03. The molecule has 0 atom stereocenters. The van der Waals surface area contributed by atoms with E-state index in [1.165, 1.54) is 12.1 Å². The highest BCUT2D eigenvalue weighted by Gasteiger charge is 2.26. The number of sulfonamides is 1. The van der Waals surface area contributed by atoms with Gasteiger partial charge in [-0.05, 0) is 19.1 Å². The molecule has 7 nitrogen and oxygen atoms in total. The number of aryl methyl sites for hydroxylation is 1. The quantitative estimate of drug-likeness (QED) is 0.646. The van der Waals surface area contributed by atoms with Crippen LogP contribution in [0.5, 0.6) is 0 Å². The van der Waals surface area contributed by atoms with Gasteiger partial charge in [-0.1, -0.05) is 17.7 Å². The van der Waals surface area contributed by atoms with Gasteiger partial charge in [-0.2, -0.15) is 0 Å². The first-order valence-corrected chi connectivity index (χ1v) is 7.06. The van der Waals surface area contributed by atoms with E-state index in [0.717, 1.165) is 5.56 Å². The number of aliphatic hydroxyl groups excluding tert-OH is 2. The number of rotatable bonds is 8. The first-order valence-electron chi connectivity index (χ1n) is 5.62. The summed E-state index contributed by atoms with van der Waals surface area (Å²) in [7, 11) is -4.00. The molecule has 0 saturated carbocycles. The van der Waals surface area contributed by atoms with E-state index >= 15 is 0 Å². The molecular formula is C11H17NO6S. The molecule has 0 aliphatic rings. The predicted molar refractivity (Wildman–Crippen MR) is 66.3 cm³/mol. The topological polar surface area (TPSA) is 96.3 Å². The Bertz CT molecular complexity index is 464. The maximum atomic E-state index is 12.2. The van der Waals surface area contributed by atoms with Crippen LogP contribution in [-0.4, -0.2) is 49.7 Å². The van der Waals surface area contributed by atoms with E-state index in [9.17, 15) is 8.42 Å². The average Bonchev–Trinajstić information content (AvgIpc) is 2.39. The average molecular weight is 291 g/mol. The van der Waals surface area contributed by atoms with Crippen LogP contribution in [0.4, 0.5) is 0 Å². The molecule has 0 spiro atoms. The second-order valence-corrected chi connectivity index (χ2v) is 5.35. The molecule has 1 rings (SSSR count). The van der Waals surface area contributed by atoms with Crippen molar-refractivity contribution in [1.82, 2.24) is 4.63 Å². The van der Waals surface area contributed by atoms with Gasteiger partial charge in [-0.15, -0.1) is 0 Å². The molecule has 19 heavy (non-hydrogen) atoms. The van der Waals surface area contributed by atoms with Crippen LogP contribution in [0.1, 0.15) is 5.56 Å². The fraction of sp³-hybridized carbons (Fsp3) is 0.455. The molecule has 0 fully saturated rings. The van der Waals surface area contributed by atoms with Gasteiger partial charge < -0.3 is 10.2 Å². The molecule has 0 unspecified atom stereocenters. The van der Waals surface area contributed by atoms with Crippen LogP contribution < -0.4 is 0 Å². The molecule has 0 saturated heterocycles. The zero-order valence-corrected chi connectivity index (χ0v) is 11.3. The Morgan fingerprint density at radius 1 is 1.05 bits per heavy atom. The Kier molecular flexibility index (Phi) is 6.35. The zero-order chi connectivity index (χ0) is 14.3. The summed E-state index contributed by atoms with van der Waals surface area (Å²) < 4.78 is 24.6. The molecule has 1 aromatic rings. The molecule has 0 heterocycles. The maximum absolute atomic E-state index is 12.2. The van der Waals surface area contributed by atoms with E-state index in [2.05, 4.69) is 0 Å². The van der Waals surface area contributed by atoms with E-state index < -0.39 is 10.0 Å². The lowest BCUT2D eigenvalue weighted by atomic mass is 10.2. The van der Waals surface area contributed by atoms with Crippen LogP contribution in [0, 0.1) is 6.92 Å². The van der Waals surface area contributed by atoms with E-state index in [1.807, 2.05) is 6.92 Å². The third-order valence-corrected chi connectivity index (χ3v) is 3.56. The minimum Gasteiger partial charge on any atom is -0.394 e. The molecule has 2 N–H and O–H groups in total. The first kappa shape index (κ1) is 16.0. The van der Waals surface area contributed by atoms with Gasteiger partial charge >= 0.3 is 0 Å². The molecule has 8 heteroatoms. The van der Waals surface area contributed by atoms with Gasteiger partial charge in [0.1, 0.15) is 0 Å². The Morgan fingerprint density at radius 2 is 1.53 bits per heavy atom. The molecule has 0 amide bonds. The molecule has 0 radical (unpaired) electrons. The van der Waals surface area contributed by atoms with E-state index in [4.69, 9.17) is 19.9 Å². The van der Waals surface area contributed by atoms with E-state index in [0.29, 0.717) is 4.63 Å². The molecule has 0 aliphatic heterocycles. The van der Waals surface area contributed by atoms with E-state index in [1.54, 1.807) is 12.1 Å². The van der Waals surface area contributed by atoms with Crippen LogP contribution in [0.25, 0.3) is 0 Å². The Labute approximate surface area is 112 Å². The third-order valence-electron chi connectivity index (χ3n) is 2.09. The highest BCUT2D eigenvalue weighted by Crippen LogP contribution is 2.17. The van der Waals surface area contributed by atoms with Crippen LogP contribution in [0.2, 0.25) is 0 Å². The van der Waals surface area contributed by atoms with Crippen molar-refractivity contribution in [2.24, 2.45) is 0 Å². The molecule has 0 aliphatic carbocycles. The summed E-state index contributed by atoms with van der Waals surface area (Å²) in [5.41, 5.74) is 0.915. The standard InChI is InChI=1S/C11H17NO6S/c1-10-2-4-11(5-3-10)19(15,16)12(17-8-6-13)18-9-7-14/h2-5,13-14H,6-9H2,1H3. The van der Waals surface area contributed by atoms with Crippen molar-refractivity contribution >= 4 is 10.0 Å². The van der Waals surface area contributed by atoms with Gasteiger partial charge in [-0.3, -0.25) is 9.68 Å². The first-order chi connectivity index (χ1) is 9.02. The smallest absolute Gasteiger partial charge is 0.288 e. The molecular weight excluding hydrogens is 274 g/mol. The number of benzene rings is 1. The lowest BCUT2D eigenvalue weighted by Crippen LogP contribution is -2.33. The van der Waals surface area contributed by atoms with E-state index in [-0.39, 0.29) is 31.3 Å². The summed E-state index contributed by atoms with van der Waals surface area (Å²) in [6.07, 6.45) is 0. The molecule has 1 aromatic carbocycles. The van der Waals surface area contributed by atoms with Crippen LogP contribution >= 0.6 is 0 Å². The maximum Gasteiger partial charge on any atom is 0.288 e. The Balaban J connectivity index is 2.93. The summed E-state index contributed by atoms with van der Waals surface area (Å²) in [5.74, 6) is 0. The third kappa shape index (κ3) is 4.53. The van der Waals surface area contributed by atoms with Gasteiger partial charge in [0.15, 0.2) is 0 Å². The molecule has 108 valence electrons. The van der Waals surface area contributed by atoms with Crippen molar-refractivity contribution in [3.05, 3.63) is 29.8 Å². The summed E-state index contributed by atoms with van der Waals surface area (Å²) >= 11 is 0. The normalized spacial score (nSPS) is 12.0. The second kappa shape index (κ2) is 7.53. The predicted octanol–water partition coefficient (Wildman–Crippen LogP) is -0.166.